The second kappa shape index (κ2) is 10.3. The van der Waals surface area contributed by atoms with Gasteiger partial charge in [0.25, 0.3) is 10.0 Å². The van der Waals surface area contributed by atoms with Crippen molar-refractivity contribution in [2.75, 3.05) is 10.8 Å². The predicted molar refractivity (Wildman–Crippen MR) is 153 cm³/mol. The molecule has 0 fully saturated rings. The van der Waals surface area contributed by atoms with E-state index in [1.54, 1.807) is 18.2 Å². The van der Waals surface area contributed by atoms with Crippen molar-refractivity contribution < 1.29 is 8.42 Å². The lowest BCUT2D eigenvalue weighted by Gasteiger charge is -2.24. The van der Waals surface area contributed by atoms with Crippen molar-refractivity contribution in [1.29, 1.82) is 0 Å². The van der Waals surface area contributed by atoms with Gasteiger partial charge in [0.2, 0.25) is 0 Å². The van der Waals surface area contributed by atoms with Gasteiger partial charge in [-0.15, -0.1) is 6.58 Å². The molecule has 0 saturated heterocycles. The van der Waals surface area contributed by atoms with E-state index in [1.807, 2.05) is 97.9 Å². The number of aromatic nitrogens is 1. The highest BCUT2D eigenvalue weighted by Gasteiger charge is 2.31. The third-order valence-electron chi connectivity index (χ3n) is 6.32. The fourth-order valence-electron chi connectivity index (χ4n) is 4.54. The zero-order valence-electron chi connectivity index (χ0n) is 20.6. The maximum absolute atomic E-state index is 14.1. The largest absolute Gasteiger partial charge is 0.340 e. The average Bonchev–Trinajstić information content (AvgIpc) is 3.33. The molecule has 1 heterocycles. The summed E-state index contributed by atoms with van der Waals surface area (Å²) in [7, 11) is -3.90. The Hall–Kier alpha value is -4.35. The van der Waals surface area contributed by atoms with Crippen molar-refractivity contribution in [1.82, 2.24) is 4.98 Å². The molecule has 0 saturated carbocycles. The molecule has 0 aliphatic carbocycles. The van der Waals surface area contributed by atoms with Crippen molar-refractivity contribution in [3.63, 3.8) is 0 Å². The third-order valence-corrected chi connectivity index (χ3v) is 8.10. The fraction of sp³-hybridized carbons (Fsp3) is 0.0625. The Balaban J connectivity index is 1.85. The van der Waals surface area contributed by atoms with Gasteiger partial charge < -0.3 is 4.98 Å². The van der Waals surface area contributed by atoms with Gasteiger partial charge in [0.15, 0.2) is 0 Å². The van der Waals surface area contributed by atoms with Gasteiger partial charge >= 0.3 is 0 Å². The standard InChI is InChI=1S/C32H28N2O2S/c1-3-23-34(37(35,36)28-21-19-24(2)20-22-28)32-30(26-15-9-5-10-16-26)29(25-13-7-4-8-14-25)31(33-32)27-17-11-6-12-18-27/h3-22,33H,1,23H2,2H3. The molecule has 0 aliphatic heterocycles. The Kier molecular flexibility index (Phi) is 6.80. The molecule has 37 heavy (non-hydrogen) atoms. The summed E-state index contributed by atoms with van der Waals surface area (Å²) in [5, 5.41) is 0. The summed E-state index contributed by atoms with van der Waals surface area (Å²) in [6.07, 6.45) is 1.62. The molecule has 1 aromatic heterocycles. The van der Waals surface area contributed by atoms with Crippen LogP contribution in [-0.2, 0) is 10.0 Å². The van der Waals surface area contributed by atoms with Crippen LogP contribution < -0.4 is 4.31 Å². The number of nitrogens with one attached hydrogen (secondary N) is 1. The smallest absolute Gasteiger partial charge is 0.265 e. The Morgan fingerprint density at radius 3 is 1.70 bits per heavy atom. The maximum Gasteiger partial charge on any atom is 0.265 e. The maximum atomic E-state index is 14.1. The van der Waals surface area contributed by atoms with Crippen molar-refractivity contribution in [3.8, 4) is 33.5 Å². The monoisotopic (exact) mass is 504 g/mol. The Labute approximate surface area is 218 Å². The van der Waals surface area contributed by atoms with Crippen molar-refractivity contribution >= 4 is 15.8 Å². The number of sulfonamides is 1. The highest BCUT2D eigenvalue weighted by atomic mass is 32.2. The van der Waals surface area contributed by atoms with Crippen LogP contribution >= 0.6 is 0 Å². The summed E-state index contributed by atoms with van der Waals surface area (Å²) in [6.45, 7) is 5.92. The number of aromatic amines is 1. The van der Waals surface area contributed by atoms with Gasteiger partial charge in [0.05, 0.1) is 17.1 Å². The van der Waals surface area contributed by atoms with Crippen molar-refractivity contribution in [2.24, 2.45) is 0 Å². The van der Waals surface area contributed by atoms with E-state index in [4.69, 9.17) is 0 Å². The molecule has 0 bridgehead atoms. The first-order chi connectivity index (χ1) is 18.0. The van der Waals surface area contributed by atoms with E-state index in [0.29, 0.717) is 5.82 Å². The Bertz CT molecular complexity index is 1610. The fourth-order valence-corrected chi connectivity index (χ4v) is 5.95. The summed E-state index contributed by atoms with van der Waals surface area (Å²) in [5.41, 5.74) is 6.50. The average molecular weight is 505 g/mol. The number of H-pyrrole nitrogens is 1. The van der Waals surface area contributed by atoms with Crippen LogP contribution in [0.15, 0.2) is 133 Å². The van der Waals surface area contributed by atoms with Crippen LogP contribution in [0.3, 0.4) is 0 Å². The van der Waals surface area contributed by atoms with Crippen LogP contribution in [0, 0.1) is 6.92 Å². The normalized spacial score (nSPS) is 11.3. The topological polar surface area (TPSA) is 53.2 Å². The van der Waals surface area contributed by atoms with Gasteiger partial charge in [0, 0.05) is 11.1 Å². The Morgan fingerprint density at radius 2 is 1.19 bits per heavy atom. The van der Waals surface area contributed by atoms with Gasteiger partial charge in [-0.25, -0.2) is 12.7 Å². The van der Waals surface area contributed by atoms with E-state index in [2.05, 4.69) is 23.7 Å². The lowest BCUT2D eigenvalue weighted by atomic mass is 9.94. The van der Waals surface area contributed by atoms with Gasteiger partial charge in [-0.3, -0.25) is 0 Å². The number of nitrogens with zero attached hydrogens (tertiary/aromatic N) is 1. The minimum absolute atomic E-state index is 0.110. The molecule has 0 unspecified atom stereocenters. The summed E-state index contributed by atoms with van der Waals surface area (Å²) in [5.74, 6) is 0.504. The second-order valence-electron chi connectivity index (χ2n) is 8.83. The first kappa shape index (κ1) is 24.3. The van der Waals surface area contributed by atoms with E-state index in [0.717, 1.165) is 39.1 Å². The molecule has 1 N–H and O–H groups in total. The van der Waals surface area contributed by atoms with E-state index in [1.165, 1.54) is 4.31 Å². The summed E-state index contributed by atoms with van der Waals surface area (Å²) in [4.78, 5) is 3.77. The quantitative estimate of drug-likeness (QED) is 0.220. The molecule has 0 amide bonds. The molecule has 5 aromatic rings. The Morgan fingerprint density at radius 1 is 0.703 bits per heavy atom. The van der Waals surface area contributed by atoms with Crippen LogP contribution in [0.4, 0.5) is 5.82 Å². The van der Waals surface area contributed by atoms with Gasteiger partial charge in [-0.05, 0) is 35.7 Å². The molecule has 0 atom stereocenters. The summed E-state index contributed by atoms with van der Waals surface area (Å²) >= 11 is 0. The third kappa shape index (κ3) is 4.74. The number of hydrogen-bond acceptors (Lipinski definition) is 2. The van der Waals surface area contributed by atoms with Gasteiger partial charge in [0.1, 0.15) is 5.82 Å². The lowest BCUT2D eigenvalue weighted by molar-refractivity contribution is 0.592. The number of anilines is 1. The molecule has 0 aliphatic rings. The molecule has 4 aromatic carbocycles. The van der Waals surface area contributed by atoms with Crippen molar-refractivity contribution in [3.05, 3.63) is 133 Å². The van der Waals surface area contributed by atoms with Crippen LogP contribution in [0.2, 0.25) is 0 Å². The van der Waals surface area contributed by atoms with Crippen LogP contribution in [-0.4, -0.2) is 19.9 Å². The number of benzene rings is 4. The molecule has 5 heteroatoms. The van der Waals surface area contributed by atoms with Gasteiger partial charge in [-0.2, -0.15) is 0 Å². The van der Waals surface area contributed by atoms with Crippen LogP contribution in [0.25, 0.3) is 33.5 Å². The van der Waals surface area contributed by atoms with E-state index in [-0.39, 0.29) is 11.4 Å². The van der Waals surface area contributed by atoms with Crippen LogP contribution in [0.1, 0.15) is 5.56 Å². The van der Waals surface area contributed by atoms with E-state index < -0.39 is 10.0 Å². The highest BCUT2D eigenvalue weighted by molar-refractivity contribution is 7.92. The van der Waals surface area contributed by atoms with Crippen LogP contribution in [0.5, 0.6) is 0 Å². The predicted octanol–water partition coefficient (Wildman–Crippen LogP) is 7.71. The molecular weight excluding hydrogens is 476 g/mol. The molecule has 5 rings (SSSR count). The van der Waals surface area contributed by atoms with E-state index >= 15 is 0 Å². The first-order valence-corrected chi connectivity index (χ1v) is 13.6. The second-order valence-corrected chi connectivity index (χ2v) is 10.7. The zero-order valence-corrected chi connectivity index (χ0v) is 21.4. The number of hydrogen-bond donors (Lipinski definition) is 1. The molecular formula is C32H28N2O2S. The molecule has 184 valence electrons. The number of aryl methyl sites for hydroxylation is 1. The SMILES string of the molecule is C=CCN(c1[nH]c(-c2ccccc2)c(-c2ccccc2)c1-c1ccccc1)S(=O)(=O)c1ccc(C)cc1. The van der Waals surface area contributed by atoms with Gasteiger partial charge in [-0.1, -0.05) is 115 Å². The summed E-state index contributed by atoms with van der Waals surface area (Å²) in [6, 6.07) is 36.9. The van der Waals surface area contributed by atoms with Crippen molar-refractivity contribution in [2.45, 2.75) is 11.8 Å². The number of rotatable bonds is 8. The highest BCUT2D eigenvalue weighted by Crippen LogP contribution is 2.47. The molecule has 0 spiro atoms. The first-order valence-electron chi connectivity index (χ1n) is 12.1. The zero-order chi connectivity index (χ0) is 25.8. The summed E-state index contributed by atoms with van der Waals surface area (Å²) < 4.78 is 29.6. The minimum atomic E-state index is -3.90. The molecule has 0 radical (unpaired) electrons. The lowest BCUT2D eigenvalue weighted by Crippen LogP contribution is -2.32. The molecule has 4 nitrogen and oxygen atoms in total. The van der Waals surface area contributed by atoms with E-state index in [9.17, 15) is 8.42 Å². The minimum Gasteiger partial charge on any atom is -0.340 e.